The molecule has 1 aliphatic rings. The van der Waals surface area contributed by atoms with Crippen molar-refractivity contribution in [3.63, 3.8) is 0 Å². The van der Waals surface area contributed by atoms with Crippen molar-refractivity contribution in [3.8, 4) is 0 Å². The smallest absolute Gasteiger partial charge is 0.233 e. The van der Waals surface area contributed by atoms with Gasteiger partial charge in [0.05, 0.1) is 24.3 Å². The van der Waals surface area contributed by atoms with Gasteiger partial charge in [-0.2, -0.15) is 0 Å². The van der Waals surface area contributed by atoms with Gasteiger partial charge in [0.1, 0.15) is 0 Å². The van der Waals surface area contributed by atoms with Crippen LogP contribution in [0, 0.1) is 0 Å². The summed E-state index contributed by atoms with van der Waals surface area (Å²) in [5, 5.41) is 12.0. The lowest BCUT2D eigenvalue weighted by atomic mass is 10.1. The molecule has 1 N–H and O–H groups in total. The molecule has 5 nitrogen and oxygen atoms in total. The van der Waals surface area contributed by atoms with Gasteiger partial charge in [-0.1, -0.05) is 11.8 Å². The number of rotatable bonds is 4. The molecule has 0 aromatic carbocycles. The summed E-state index contributed by atoms with van der Waals surface area (Å²) in [7, 11) is 1.85. The lowest BCUT2D eigenvalue weighted by molar-refractivity contribution is -0.129. The molecule has 0 aliphatic carbocycles. The molecule has 0 fully saturated rings. The summed E-state index contributed by atoms with van der Waals surface area (Å²) in [6, 6.07) is 2.11. The van der Waals surface area contributed by atoms with Crippen LogP contribution in [0.15, 0.2) is 22.8 Å². The monoisotopic (exact) mass is 323 g/mol. The number of imidazole rings is 1. The van der Waals surface area contributed by atoms with Gasteiger partial charge < -0.3 is 14.6 Å². The van der Waals surface area contributed by atoms with Crippen LogP contribution in [0.3, 0.4) is 0 Å². The first-order chi connectivity index (χ1) is 10.2. The van der Waals surface area contributed by atoms with Crippen LogP contribution in [-0.2, 0) is 31.4 Å². The van der Waals surface area contributed by atoms with Crippen molar-refractivity contribution in [3.05, 3.63) is 33.8 Å². The van der Waals surface area contributed by atoms with Crippen molar-refractivity contribution in [2.75, 3.05) is 12.3 Å². The molecular weight excluding hydrogens is 306 g/mol. The zero-order chi connectivity index (χ0) is 14.8. The standard InChI is InChI=1S/C14H17N3O2S2/c1-16-11(8-18)6-15-14(16)21-9-13(19)17-4-2-12-10(7-17)3-5-20-12/h3,5-6,18H,2,4,7-9H2,1H3. The second-order valence-corrected chi connectivity index (χ2v) is 6.92. The van der Waals surface area contributed by atoms with Crippen molar-refractivity contribution >= 4 is 29.0 Å². The van der Waals surface area contributed by atoms with Gasteiger partial charge in [0, 0.05) is 25.0 Å². The highest BCUT2D eigenvalue weighted by Crippen LogP contribution is 2.25. The molecule has 112 valence electrons. The molecule has 0 radical (unpaired) electrons. The van der Waals surface area contributed by atoms with Crippen LogP contribution in [0.4, 0.5) is 0 Å². The number of hydrogen-bond acceptors (Lipinski definition) is 5. The lowest BCUT2D eigenvalue weighted by Gasteiger charge is -2.26. The summed E-state index contributed by atoms with van der Waals surface area (Å²) in [5.74, 6) is 0.528. The molecule has 3 rings (SSSR count). The van der Waals surface area contributed by atoms with Gasteiger partial charge in [0.25, 0.3) is 0 Å². The summed E-state index contributed by atoms with van der Waals surface area (Å²) in [5.41, 5.74) is 2.04. The minimum atomic E-state index is -0.0366. The SMILES string of the molecule is Cn1c(CO)cnc1SCC(=O)N1CCc2sccc2C1. The van der Waals surface area contributed by atoms with Crippen molar-refractivity contribution in [2.24, 2.45) is 7.05 Å². The first kappa shape index (κ1) is 14.6. The fourth-order valence-corrected chi connectivity index (χ4v) is 4.15. The zero-order valence-electron chi connectivity index (χ0n) is 11.8. The average molecular weight is 323 g/mol. The van der Waals surface area contributed by atoms with Crippen LogP contribution in [0.1, 0.15) is 16.1 Å². The number of aliphatic hydroxyl groups is 1. The Morgan fingerprint density at radius 3 is 3.19 bits per heavy atom. The molecule has 0 atom stereocenters. The van der Waals surface area contributed by atoms with E-state index < -0.39 is 0 Å². The van der Waals surface area contributed by atoms with E-state index in [2.05, 4.69) is 16.4 Å². The minimum Gasteiger partial charge on any atom is -0.390 e. The number of carbonyl (C=O) groups excluding carboxylic acids is 1. The fourth-order valence-electron chi connectivity index (χ4n) is 2.39. The Labute approximate surface area is 131 Å². The topological polar surface area (TPSA) is 58.4 Å². The van der Waals surface area contributed by atoms with Crippen LogP contribution in [0.2, 0.25) is 0 Å². The molecule has 0 bridgehead atoms. The maximum absolute atomic E-state index is 12.3. The number of aromatic nitrogens is 2. The van der Waals surface area contributed by atoms with Crippen molar-refractivity contribution < 1.29 is 9.90 Å². The van der Waals surface area contributed by atoms with E-state index in [-0.39, 0.29) is 12.5 Å². The molecule has 0 saturated carbocycles. The van der Waals surface area contributed by atoms with Crippen molar-refractivity contribution in [1.29, 1.82) is 0 Å². The summed E-state index contributed by atoms with van der Waals surface area (Å²) in [6.45, 7) is 1.49. The first-order valence-electron chi connectivity index (χ1n) is 6.76. The number of thiophene rings is 1. The third-order valence-electron chi connectivity index (χ3n) is 3.69. The Morgan fingerprint density at radius 1 is 1.57 bits per heavy atom. The average Bonchev–Trinajstić information content (AvgIpc) is 3.10. The number of carbonyl (C=O) groups is 1. The highest BCUT2D eigenvalue weighted by atomic mass is 32.2. The van der Waals surface area contributed by atoms with Crippen LogP contribution in [-0.4, -0.2) is 37.8 Å². The first-order valence-corrected chi connectivity index (χ1v) is 8.63. The van der Waals surface area contributed by atoms with Gasteiger partial charge in [0.15, 0.2) is 5.16 Å². The molecule has 0 spiro atoms. The molecule has 2 aromatic heterocycles. The van der Waals surface area contributed by atoms with Crippen molar-refractivity contribution in [2.45, 2.75) is 24.7 Å². The summed E-state index contributed by atoms with van der Waals surface area (Å²) in [6.07, 6.45) is 2.60. The highest BCUT2D eigenvalue weighted by molar-refractivity contribution is 7.99. The van der Waals surface area contributed by atoms with E-state index >= 15 is 0 Å². The normalized spacial score (nSPS) is 14.3. The lowest BCUT2D eigenvalue weighted by Crippen LogP contribution is -2.36. The van der Waals surface area contributed by atoms with Crippen LogP contribution < -0.4 is 0 Å². The Kier molecular flexibility index (Phi) is 4.32. The Hall–Kier alpha value is -1.31. The minimum absolute atomic E-state index is 0.0366. The zero-order valence-corrected chi connectivity index (χ0v) is 13.4. The number of aliphatic hydroxyl groups excluding tert-OH is 1. The quantitative estimate of drug-likeness (QED) is 0.869. The molecule has 0 saturated heterocycles. The second kappa shape index (κ2) is 6.21. The van der Waals surface area contributed by atoms with Crippen LogP contribution in [0.25, 0.3) is 0 Å². The van der Waals surface area contributed by atoms with Crippen molar-refractivity contribution in [1.82, 2.24) is 14.5 Å². The highest BCUT2D eigenvalue weighted by Gasteiger charge is 2.21. The van der Waals surface area contributed by atoms with E-state index in [9.17, 15) is 4.79 Å². The Morgan fingerprint density at radius 2 is 2.43 bits per heavy atom. The summed E-state index contributed by atoms with van der Waals surface area (Å²) >= 11 is 3.20. The van der Waals surface area contributed by atoms with Crippen LogP contribution >= 0.6 is 23.1 Å². The van der Waals surface area contributed by atoms with Gasteiger partial charge in [0.2, 0.25) is 5.91 Å². The van der Waals surface area contributed by atoms with Gasteiger partial charge >= 0.3 is 0 Å². The second-order valence-electron chi connectivity index (χ2n) is 4.97. The molecule has 2 aromatic rings. The predicted octanol–water partition coefficient (Wildman–Crippen LogP) is 1.65. The number of amides is 1. The number of thioether (sulfide) groups is 1. The van der Waals surface area contributed by atoms with Gasteiger partial charge in [-0.15, -0.1) is 11.3 Å². The van der Waals surface area contributed by atoms with E-state index in [1.165, 1.54) is 22.2 Å². The van der Waals surface area contributed by atoms with Gasteiger partial charge in [-0.05, 0) is 23.4 Å². The van der Waals surface area contributed by atoms with E-state index in [0.717, 1.165) is 30.4 Å². The molecule has 0 unspecified atom stereocenters. The Bertz CT molecular complexity index is 650. The maximum Gasteiger partial charge on any atom is 0.233 e. The number of nitrogens with zero attached hydrogens (tertiary/aromatic N) is 3. The molecule has 7 heteroatoms. The van der Waals surface area contributed by atoms with E-state index in [1.54, 1.807) is 17.5 Å². The summed E-state index contributed by atoms with van der Waals surface area (Å²) < 4.78 is 1.82. The molecule has 21 heavy (non-hydrogen) atoms. The van der Waals surface area contributed by atoms with Gasteiger partial charge in [-0.3, -0.25) is 4.79 Å². The predicted molar refractivity (Wildman–Crippen MR) is 83.3 cm³/mol. The molecule has 3 heterocycles. The molecular formula is C14H17N3O2S2. The van der Waals surface area contributed by atoms with E-state index in [4.69, 9.17) is 5.11 Å². The van der Waals surface area contributed by atoms with Gasteiger partial charge in [-0.25, -0.2) is 4.98 Å². The third-order valence-corrected chi connectivity index (χ3v) is 5.74. The van der Waals surface area contributed by atoms with E-state index in [1.807, 2.05) is 16.5 Å². The Balaban J connectivity index is 1.58. The van der Waals surface area contributed by atoms with E-state index in [0.29, 0.717) is 5.75 Å². The van der Waals surface area contributed by atoms with Crippen LogP contribution in [0.5, 0.6) is 0 Å². The molecule has 1 amide bonds. The number of fused-ring (bicyclic) bond motifs is 1. The molecule has 1 aliphatic heterocycles. The maximum atomic E-state index is 12.3. The number of hydrogen-bond donors (Lipinski definition) is 1. The third kappa shape index (κ3) is 3.00. The summed E-state index contributed by atoms with van der Waals surface area (Å²) in [4.78, 5) is 19.9. The largest absolute Gasteiger partial charge is 0.390 e. The fraction of sp³-hybridized carbons (Fsp3) is 0.429.